The first kappa shape index (κ1) is 19.5. The van der Waals surface area contributed by atoms with Gasteiger partial charge in [0.25, 0.3) is 0 Å². The number of anilines is 2. The molecule has 138 valence electrons. The Kier molecular flexibility index (Phi) is 6.41. The number of ether oxygens (including phenoxy) is 2. The topological polar surface area (TPSA) is 67.9 Å². The Labute approximate surface area is 155 Å². The van der Waals surface area contributed by atoms with E-state index in [1.807, 2.05) is 0 Å². The van der Waals surface area contributed by atoms with Gasteiger partial charge in [0.15, 0.2) is 0 Å². The van der Waals surface area contributed by atoms with Crippen LogP contribution in [0.4, 0.5) is 15.8 Å². The standard InChI is InChI=1S/C18H18ClFN2O4/c1-11(23)22(15-7-5-4-6-13(15)20)10-18(24)21-14-9-16(25-2)12(19)8-17(14)26-3/h4-9H,10H2,1-3H3,(H,21,24). The molecule has 8 heteroatoms. The van der Waals surface area contributed by atoms with Crippen molar-refractivity contribution < 1.29 is 23.5 Å². The molecule has 2 amide bonds. The summed E-state index contributed by atoms with van der Waals surface area (Å²) in [6.45, 7) is 0.885. The molecule has 1 N–H and O–H groups in total. The first-order valence-corrected chi connectivity index (χ1v) is 7.99. The molecule has 0 saturated heterocycles. The highest BCUT2D eigenvalue weighted by atomic mass is 35.5. The average Bonchev–Trinajstić information content (AvgIpc) is 2.61. The zero-order valence-corrected chi connectivity index (χ0v) is 15.3. The molecule has 0 atom stereocenters. The van der Waals surface area contributed by atoms with E-state index in [1.165, 1.54) is 51.5 Å². The van der Waals surface area contributed by atoms with E-state index >= 15 is 0 Å². The Morgan fingerprint density at radius 1 is 1.15 bits per heavy atom. The van der Waals surface area contributed by atoms with Gasteiger partial charge < -0.3 is 19.7 Å². The van der Waals surface area contributed by atoms with Gasteiger partial charge in [-0.3, -0.25) is 9.59 Å². The van der Waals surface area contributed by atoms with Gasteiger partial charge in [-0.1, -0.05) is 23.7 Å². The first-order valence-electron chi connectivity index (χ1n) is 7.61. The molecule has 0 radical (unpaired) electrons. The van der Waals surface area contributed by atoms with E-state index < -0.39 is 17.6 Å². The summed E-state index contributed by atoms with van der Waals surface area (Å²) in [6, 6.07) is 8.73. The van der Waals surface area contributed by atoms with Gasteiger partial charge in [0.1, 0.15) is 23.9 Å². The molecule has 26 heavy (non-hydrogen) atoms. The normalized spacial score (nSPS) is 10.2. The molecule has 0 heterocycles. The van der Waals surface area contributed by atoms with Gasteiger partial charge in [0, 0.05) is 19.1 Å². The summed E-state index contributed by atoms with van der Waals surface area (Å²) >= 11 is 6.03. The van der Waals surface area contributed by atoms with E-state index in [9.17, 15) is 14.0 Å². The highest BCUT2D eigenvalue weighted by Gasteiger charge is 2.20. The summed E-state index contributed by atoms with van der Waals surface area (Å²) in [5.41, 5.74) is 0.339. The van der Waals surface area contributed by atoms with Crippen molar-refractivity contribution in [3.8, 4) is 11.5 Å². The Morgan fingerprint density at radius 3 is 2.38 bits per heavy atom. The third-order valence-electron chi connectivity index (χ3n) is 3.57. The highest BCUT2D eigenvalue weighted by Crippen LogP contribution is 2.35. The zero-order chi connectivity index (χ0) is 19.3. The summed E-state index contributed by atoms with van der Waals surface area (Å²) in [5, 5.41) is 2.94. The summed E-state index contributed by atoms with van der Waals surface area (Å²) < 4.78 is 24.3. The van der Waals surface area contributed by atoms with Crippen LogP contribution in [0.1, 0.15) is 6.92 Å². The van der Waals surface area contributed by atoms with Crippen molar-refractivity contribution in [3.05, 3.63) is 47.2 Å². The lowest BCUT2D eigenvalue weighted by Gasteiger charge is -2.21. The lowest BCUT2D eigenvalue weighted by molar-refractivity contribution is -0.120. The van der Waals surface area contributed by atoms with E-state index in [0.29, 0.717) is 22.2 Å². The Bertz CT molecular complexity index is 829. The lowest BCUT2D eigenvalue weighted by atomic mass is 10.2. The number of benzene rings is 2. The third-order valence-corrected chi connectivity index (χ3v) is 3.87. The van der Waals surface area contributed by atoms with Crippen LogP contribution < -0.4 is 19.7 Å². The van der Waals surface area contributed by atoms with Gasteiger partial charge >= 0.3 is 0 Å². The molecule has 2 aromatic carbocycles. The number of hydrogen-bond acceptors (Lipinski definition) is 4. The predicted octanol–water partition coefficient (Wildman–Crippen LogP) is 3.49. The second-order valence-corrected chi connectivity index (χ2v) is 5.70. The molecule has 0 aliphatic carbocycles. The Balaban J connectivity index is 2.24. The van der Waals surface area contributed by atoms with Crippen molar-refractivity contribution in [2.75, 3.05) is 31.0 Å². The Hall–Kier alpha value is -2.80. The van der Waals surface area contributed by atoms with E-state index in [4.69, 9.17) is 21.1 Å². The molecule has 2 rings (SSSR count). The minimum atomic E-state index is -0.596. The maximum Gasteiger partial charge on any atom is 0.244 e. The average molecular weight is 381 g/mol. The number of hydrogen-bond donors (Lipinski definition) is 1. The van der Waals surface area contributed by atoms with Crippen molar-refractivity contribution >= 4 is 34.8 Å². The molecular weight excluding hydrogens is 363 g/mol. The zero-order valence-electron chi connectivity index (χ0n) is 14.5. The van der Waals surface area contributed by atoms with E-state index in [1.54, 1.807) is 6.07 Å². The van der Waals surface area contributed by atoms with Gasteiger partial charge in [-0.2, -0.15) is 0 Å². The molecule has 0 bridgehead atoms. The van der Waals surface area contributed by atoms with Crippen molar-refractivity contribution in [2.45, 2.75) is 6.92 Å². The fraction of sp³-hybridized carbons (Fsp3) is 0.222. The highest BCUT2D eigenvalue weighted by molar-refractivity contribution is 6.32. The molecule has 0 fully saturated rings. The molecule has 6 nitrogen and oxygen atoms in total. The lowest BCUT2D eigenvalue weighted by Crippen LogP contribution is -2.37. The van der Waals surface area contributed by atoms with Gasteiger partial charge in [-0.25, -0.2) is 4.39 Å². The molecule has 0 saturated carbocycles. The smallest absolute Gasteiger partial charge is 0.244 e. The summed E-state index contributed by atoms with van der Waals surface area (Å²) in [7, 11) is 2.87. The number of carbonyl (C=O) groups excluding carboxylic acids is 2. The minimum absolute atomic E-state index is 0.0239. The SMILES string of the molecule is COc1cc(NC(=O)CN(C(C)=O)c2ccccc2F)c(OC)cc1Cl. The largest absolute Gasteiger partial charge is 0.495 e. The summed E-state index contributed by atoms with van der Waals surface area (Å²) in [5.74, 6) is -0.928. The number of amides is 2. The molecule has 0 unspecified atom stereocenters. The fourth-order valence-electron chi connectivity index (χ4n) is 2.33. The quantitative estimate of drug-likeness (QED) is 0.833. The van der Waals surface area contributed by atoms with Crippen LogP contribution in [0.15, 0.2) is 36.4 Å². The number of rotatable bonds is 6. The number of nitrogens with one attached hydrogen (secondary N) is 1. The van der Waals surface area contributed by atoms with Crippen LogP contribution in [0.3, 0.4) is 0 Å². The number of carbonyl (C=O) groups is 2. The van der Waals surface area contributed by atoms with Gasteiger partial charge in [0.2, 0.25) is 11.8 Å². The third kappa shape index (κ3) is 4.43. The maximum absolute atomic E-state index is 14.0. The molecule has 0 spiro atoms. The fourth-order valence-corrected chi connectivity index (χ4v) is 2.56. The van der Waals surface area contributed by atoms with Gasteiger partial charge in [0.05, 0.1) is 30.6 Å². The van der Waals surface area contributed by atoms with Crippen molar-refractivity contribution in [3.63, 3.8) is 0 Å². The van der Waals surface area contributed by atoms with E-state index in [0.717, 1.165) is 4.90 Å². The summed E-state index contributed by atoms with van der Waals surface area (Å²) in [6.07, 6.45) is 0. The molecule has 0 aliphatic rings. The number of para-hydroxylation sites is 1. The van der Waals surface area contributed by atoms with Crippen molar-refractivity contribution in [1.29, 1.82) is 0 Å². The second kappa shape index (κ2) is 8.53. The molecule has 0 aromatic heterocycles. The van der Waals surface area contributed by atoms with Crippen LogP contribution in [-0.2, 0) is 9.59 Å². The predicted molar refractivity (Wildman–Crippen MR) is 97.6 cm³/mol. The number of nitrogens with zero attached hydrogens (tertiary/aromatic N) is 1. The first-order chi connectivity index (χ1) is 12.4. The van der Waals surface area contributed by atoms with Gasteiger partial charge in [-0.15, -0.1) is 0 Å². The van der Waals surface area contributed by atoms with Crippen LogP contribution in [0.5, 0.6) is 11.5 Å². The molecular formula is C18H18ClFN2O4. The maximum atomic E-state index is 14.0. The number of methoxy groups -OCH3 is 2. The monoisotopic (exact) mass is 380 g/mol. The second-order valence-electron chi connectivity index (χ2n) is 5.29. The van der Waals surface area contributed by atoms with E-state index in [-0.39, 0.29) is 12.2 Å². The Morgan fingerprint density at radius 2 is 1.81 bits per heavy atom. The van der Waals surface area contributed by atoms with Gasteiger partial charge in [-0.05, 0) is 12.1 Å². The molecule has 2 aromatic rings. The van der Waals surface area contributed by atoms with Crippen LogP contribution in [-0.4, -0.2) is 32.6 Å². The number of halogens is 2. The minimum Gasteiger partial charge on any atom is -0.495 e. The van der Waals surface area contributed by atoms with E-state index in [2.05, 4.69) is 5.32 Å². The van der Waals surface area contributed by atoms with Crippen molar-refractivity contribution in [2.24, 2.45) is 0 Å². The van der Waals surface area contributed by atoms with Crippen LogP contribution in [0.25, 0.3) is 0 Å². The van der Waals surface area contributed by atoms with Crippen LogP contribution >= 0.6 is 11.6 Å². The molecule has 0 aliphatic heterocycles. The van der Waals surface area contributed by atoms with Crippen LogP contribution in [0.2, 0.25) is 5.02 Å². The van der Waals surface area contributed by atoms with Crippen molar-refractivity contribution in [1.82, 2.24) is 0 Å². The summed E-state index contributed by atoms with van der Waals surface area (Å²) in [4.78, 5) is 25.3. The van der Waals surface area contributed by atoms with Crippen LogP contribution in [0, 0.1) is 5.82 Å².